The Hall–Kier alpha value is -1.37. The lowest BCUT2D eigenvalue weighted by atomic mass is 10.0. The number of pyridine rings is 1. The molecule has 1 aromatic carbocycles. The minimum absolute atomic E-state index is 0.0306. The van der Waals surface area contributed by atoms with Crippen LogP contribution in [0.3, 0.4) is 0 Å². The second-order valence-corrected chi connectivity index (χ2v) is 6.13. The van der Waals surface area contributed by atoms with Crippen molar-refractivity contribution in [1.29, 1.82) is 0 Å². The number of hydrogen-bond acceptors (Lipinski definition) is 2. The van der Waals surface area contributed by atoms with E-state index in [4.69, 9.17) is 23.2 Å². The monoisotopic (exact) mass is 423 g/mol. The number of nitrogens with zero attached hydrogens (tertiary/aromatic N) is 1. The van der Waals surface area contributed by atoms with Gasteiger partial charge in [0.15, 0.2) is 5.78 Å². The highest BCUT2D eigenvalue weighted by molar-refractivity contribution is 9.10. The number of carbonyl (C=O) groups excluding carboxylic acids is 1. The van der Waals surface area contributed by atoms with Crippen molar-refractivity contribution in [1.82, 2.24) is 4.98 Å². The fourth-order valence-corrected chi connectivity index (χ4v) is 2.53. The van der Waals surface area contributed by atoms with Crippen LogP contribution in [0.4, 0.5) is 13.2 Å². The number of aromatic nitrogens is 1. The molecule has 8 heteroatoms. The van der Waals surface area contributed by atoms with E-state index in [9.17, 15) is 18.0 Å². The van der Waals surface area contributed by atoms with E-state index in [0.717, 1.165) is 12.1 Å². The largest absolute Gasteiger partial charge is 0.417 e. The van der Waals surface area contributed by atoms with Crippen molar-refractivity contribution >= 4 is 50.5 Å². The fraction of sp³-hybridized carbons (Fsp3) is 0.0667. The van der Waals surface area contributed by atoms with Gasteiger partial charge in [-0.2, -0.15) is 13.2 Å². The first-order valence-electron chi connectivity index (χ1n) is 6.08. The molecule has 0 atom stereocenters. The van der Waals surface area contributed by atoms with E-state index in [1.807, 2.05) is 0 Å². The molecule has 1 heterocycles. The van der Waals surface area contributed by atoms with Gasteiger partial charge in [0.05, 0.1) is 5.57 Å². The highest BCUT2D eigenvalue weighted by Crippen LogP contribution is 2.36. The van der Waals surface area contributed by atoms with Gasteiger partial charge in [-0.3, -0.25) is 4.79 Å². The van der Waals surface area contributed by atoms with Crippen molar-refractivity contribution < 1.29 is 18.0 Å². The van der Waals surface area contributed by atoms with E-state index < -0.39 is 17.5 Å². The fourth-order valence-electron chi connectivity index (χ4n) is 1.77. The Kier molecular flexibility index (Phi) is 5.49. The van der Waals surface area contributed by atoms with Crippen LogP contribution in [0.5, 0.6) is 0 Å². The van der Waals surface area contributed by atoms with Gasteiger partial charge in [0.1, 0.15) is 4.60 Å². The third-order valence-corrected chi connectivity index (χ3v) is 3.67. The zero-order valence-corrected chi connectivity index (χ0v) is 14.3. The van der Waals surface area contributed by atoms with Gasteiger partial charge in [0.2, 0.25) is 0 Å². The molecule has 0 amide bonds. The molecule has 0 bridgehead atoms. The molecule has 1 aromatic heterocycles. The second-order valence-electron chi connectivity index (χ2n) is 4.45. The SMILES string of the molecule is O=C(/C=C(\c1cc(Cl)cc(Cl)c1)C(F)(F)F)c1ccc(Br)nc1. The number of allylic oxidation sites excluding steroid dienone is 2. The summed E-state index contributed by atoms with van der Waals surface area (Å²) in [6.45, 7) is 0. The van der Waals surface area contributed by atoms with Gasteiger partial charge in [0.25, 0.3) is 0 Å². The van der Waals surface area contributed by atoms with Crippen LogP contribution in [0.25, 0.3) is 5.57 Å². The second kappa shape index (κ2) is 7.03. The Balaban J connectivity index is 2.50. The molecule has 0 fully saturated rings. The summed E-state index contributed by atoms with van der Waals surface area (Å²) in [5, 5.41) is 0.0841. The molecule has 0 aliphatic heterocycles. The number of rotatable bonds is 3. The van der Waals surface area contributed by atoms with Crippen LogP contribution in [0, 0.1) is 0 Å². The molecular formula is C15H7BrCl2F3NO. The normalized spacial score (nSPS) is 12.3. The van der Waals surface area contributed by atoms with Crippen LogP contribution in [-0.2, 0) is 0 Å². The van der Waals surface area contributed by atoms with Crippen LogP contribution >= 0.6 is 39.1 Å². The smallest absolute Gasteiger partial charge is 0.289 e. The van der Waals surface area contributed by atoms with Crippen molar-refractivity contribution in [3.63, 3.8) is 0 Å². The summed E-state index contributed by atoms with van der Waals surface area (Å²) in [7, 11) is 0. The summed E-state index contributed by atoms with van der Waals surface area (Å²) in [5.41, 5.74) is -1.38. The molecule has 0 aliphatic carbocycles. The molecule has 0 N–H and O–H groups in total. The Morgan fingerprint density at radius 2 is 1.70 bits per heavy atom. The summed E-state index contributed by atoms with van der Waals surface area (Å²) in [4.78, 5) is 15.9. The van der Waals surface area contributed by atoms with Gasteiger partial charge < -0.3 is 0 Å². The maximum atomic E-state index is 13.3. The quantitative estimate of drug-likeness (QED) is 0.344. The van der Waals surface area contributed by atoms with Crippen LogP contribution in [0.2, 0.25) is 10.0 Å². The molecule has 23 heavy (non-hydrogen) atoms. The highest BCUT2D eigenvalue weighted by Gasteiger charge is 2.35. The Bertz CT molecular complexity index is 753. The van der Waals surface area contributed by atoms with Crippen molar-refractivity contribution in [2.75, 3.05) is 0 Å². The first-order chi connectivity index (χ1) is 10.7. The Labute approximate surface area is 148 Å². The number of benzene rings is 1. The van der Waals surface area contributed by atoms with Gasteiger partial charge in [-0.05, 0) is 57.9 Å². The molecular weight excluding hydrogens is 418 g/mol. The predicted molar refractivity (Wildman–Crippen MR) is 86.8 cm³/mol. The van der Waals surface area contributed by atoms with Crippen molar-refractivity contribution in [3.05, 3.63) is 68.4 Å². The minimum Gasteiger partial charge on any atom is -0.289 e. The molecule has 2 nitrogen and oxygen atoms in total. The van der Waals surface area contributed by atoms with Crippen molar-refractivity contribution in [2.24, 2.45) is 0 Å². The van der Waals surface area contributed by atoms with Gasteiger partial charge >= 0.3 is 6.18 Å². The van der Waals surface area contributed by atoms with Crippen LogP contribution in [-0.4, -0.2) is 16.9 Å². The van der Waals surface area contributed by atoms with Gasteiger partial charge in [0, 0.05) is 21.8 Å². The first-order valence-corrected chi connectivity index (χ1v) is 7.63. The maximum Gasteiger partial charge on any atom is 0.417 e. The number of halogens is 6. The molecule has 0 aliphatic rings. The molecule has 2 aromatic rings. The minimum atomic E-state index is -4.74. The maximum absolute atomic E-state index is 13.3. The van der Waals surface area contributed by atoms with E-state index in [-0.39, 0.29) is 21.2 Å². The van der Waals surface area contributed by atoms with Crippen LogP contribution in [0.1, 0.15) is 15.9 Å². The number of hydrogen-bond donors (Lipinski definition) is 0. The van der Waals surface area contributed by atoms with E-state index >= 15 is 0 Å². The van der Waals surface area contributed by atoms with E-state index in [0.29, 0.717) is 10.7 Å². The Morgan fingerprint density at radius 3 is 2.17 bits per heavy atom. The summed E-state index contributed by atoms with van der Waals surface area (Å²) < 4.78 is 40.3. The Morgan fingerprint density at radius 1 is 1.09 bits per heavy atom. The summed E-state index contributed by atoms with van der Waals surface area (Å²) in [6, 6.07) is 6.33. The van der Waals surface area contributed by atoms with Gasteiger partial charge in [-0.15, -0.1) is 0 Å². The summed E-state index contributed by atoms with van der Waals surface area (Å²) in [5.74, 6) is -0.826. The zero-order valence-electron chi connectivity index (χ0n) is 11.2. The molecule has 0 unspecified atom stereocenters. The average Bonchev–Trinajstić information content (AvgIpc) is 2.42. The molecule has 120 valence electrons. The molecule has 0 radical (unpaired) electrons. The third-order valence-electron chi connectivity index (χ3n) is 2.77. The average molecular weight is 425 g/mol. The van der Waals surface area contributed by atoms with E-state index in [1.54, 1.807) is 0 Å². The standard InChI is InChI=1S/C15H7BrCl2F3NO/c16-14-2-1-8(7-22-14)13(23)6-12(15(19,20)21)9-3-10(17)5-11(18)4-9/h1-7H/b12-6+. The molecule has 2 rings (SSSR count). The third kappa shape index (κ3) is 4.80. The zero-order chi connectivity index (χ0) is 17.2. The summed E-state index contributed by atoms with van der Waals surface area (Å²) >= 11 is 14.6. The van der Waals surface area contributed by atoms with Crippen molar-refractivity contribution in [3.8, 4) is 0 Å². The predicted octanol–water partition coefficient (Wildman–Crippen LogP) is 5.98. The van der Waals surface area contributed by atoms with E-state index in [2.05, 4.69) is 20.9 Å². The lowest BCUT2D eigenvalue weighted by molar-refractivity contribution is -0.0689. The number of ketones is 1. The van der Waals surface area contributed by atoms with E-state index in [1.165, 1.54) is 24.4 Å². The number of alkyl halides is 3. The van der Waals surface area contributed by atoms with Gasteiger partial charge in [-0.1, -0.05) is 23.2 Å². The lowest BCUT2D eigenvalue weighted by Gasteiger charge is -2.12. The first kappa shape index (κ1) is 18.0. The molecule has 0 saturated carbocycles. The van der Waals surface area contributed by atoms with Crippen LogP contribution < -0.4 is 0 Å². The molecule has 0 spiro atoms. The topological polar surface area (TPSA) is 30.0 Å². The summed E-state index contributed by atoms with van der Waals surface area (Å²) in [6.07, 6.45) is -3.05. The van der Waals surface area contributed by atoms with Crippen molar-refractivity contribution in [2.45, 2.75) is 6.18 Å². The highest BCUT2D eigenvalue weighted by atomic mass is 79.9. The molecule has 0 saturated heterocycles. The lowest BCUT2D eigenvalue weighted by Crippen LogP contribution is -2.13. The number of carbonyl (C=O) groups is 1. The van der Waals surface area contributed by atoms with Gasteiger partial charge in [-0.25, -0.2) is 4.98 Å². The van der Waals surface area contributed by atoms with Crippen LogP contribution in [0.15, 0.2) is 47.2 Å².